The van der Waals surface area contributed by atoms with Crippen molar-refractivity contribution in [3.05, 3.63) is 0 Å². The van der Waals surface area contributed by atoms with Crippen LogP contribution in [0.15, 0.2) is 0 Å². The molecule has 0 fully saturated rings. The Kier molecular flexibility index (Phi) is 7.29. The minimum atomic E-state index is -0.144. The smallest absolute Gasteiger partial charge is 0.0667 e. The number of hydrogen-bond donors (Lipinski definition) is 1. The van der Waals surface area contributed by atoms with Gasteiger partial charge in [-0.1, -0.05) is 26.7 Å². The predicted molar refractivity (Wildman–Crippen MR) is 57.9 cm³/mol. The number of nitrogens with zero attached hydrogens (tertiary/aromatic N) is 1. The molecule has 0 bridgehead atoms. The summed E-state index contributed by atoms with van der Waals surface area (Å²) in [5.41, 5.74) is 0. The summed E-state index contributed by atoms with van der Waals surface area (Å²) in [6, 6.07) is 0.594. The van der Waals surface area contributed by atoms with E-state index in [0.717, 1.165) is 19.4 Å². The summed E-state index contributed by atoms with van der Waals surface area (Å²) >= 11 is 0. The summed E-state index contributed by atoms with van der Waals surface area (Å²) in [5, 5.41) is 9.60. The summed E-state index contributed by atoms with van der Waals surface area (Å²) in [5.74, 6) is 0. The minimum absolute atomic E-state index is 0.144. The highest BCUT2D eigenvalue weighted by atomic mass is 16.3. The third kappa shape index (κ3) is 6.05. The fourth-order valence-corrected chi connectivity index (χ4v) is 1.58. The molecule has 0 aromatic carbocycles. The fourth-order valence-electron chi connectivity index (χ4n) is 1.58. The molecule has 0 saturated carbocycles. The molecule has 80 valence electrons. The highest BCUT2D eigenvalue weighted by Gasteiger charge is 2.11. The first-order chi connectivity index (χ1) is 6.11. The van der Waals surface area contributed by atoms with Crippen LogP contribution in [0.3, 0.4) is 0 Å². The number of aliphatic hydroxyl groups excluding tert-OH is 1. The zero-order chi connectivity index (χ0) is 10.3. The molecule has 0 amide bonds. The SMILES string of the molecule is CCCC(O)CN(C)C(C)CCC. The molecule has 0 spiro atoms. The van der Waals surface area contributed by atoms with Gasteiger partial charge in [-0.15, -0.1) is 0 Å². The minimum Gasteiger partial charge on any atom is -0.392 e. The predicted octanol–water partition coefficient (Wildman–Crippen LogP) is 2.27. The number of rotatable bonds is 7. The van der Waals surface area contributed by atoms with Crippen molar-refractivity contribution >= 4 is 0 Å². The van der Waals surface area contributed by atoms with Gasteiger partial charge in [-0.3, -0.25) is 0 Å². The maximum Gasteiger partial charge on any atom is 0.0667 e. The molecular formula is C11H25NO. The first-order valence-corrected chi connectivity index (χ1v) is 5.50. The average molecular weight is 187 g/mol. The molecular weight excluding hydrogens is 162 g/mol. The van der Waals surface area contributed by atoms with Gasteiger partial charge in [0, 0.05) is 12.6 Å². The maximum absolute atomic E-state index is 9.60. The van der Waals surface area contributed by atoms with Crippen molar-refractivity contribution in [3.63, 3.8) is 0 Å². The third-order valence-corrected chi connectivity index (χ3v) is 2.58. The lowest BCUT2D eigenvalue weighted by Crippen LogP contribution is -2.35. The monoisotopic (exact) mass is 187 g/mol. The van der Waals surface area contributed by atoms with Crippen LogP contribution in [-0.4, -0.2) is 35.7 Å². The second kappa shape index (κ2) is 7.34. The van der Waals surface area contributed by atoms with Crippen molar-refractivity contribution in [2.24, 2.45) is 0 Å². The Morgan fingerprint density at radius 3 is 2.15 bits per heavy atom. The van der Waals surface area contributed by atoms with Crippen LogP contribution in [0.25, 0.3) is 0 Å². The molecule has 2 heteroatoms. The Morgan fingerprint density at radius 2 is 1.69 bits per heavy atom. The van der Waals surface area contributed by atoms with Crippen LogP contribution in [0.5, 0.6) is 0 Å². The van der Waals surface area contributed by atoms with E-state index in [4.69, 9.17) is 0 Å². The molecule has 0 heterocycles. The Hall–Kier alpha value is -0.0800. The first-order valence-electron chi connectivity index (χ1n) is 5.50. The molecule has 2 nitrogen and oxygen atoms in total. The van der Waals surface area contributed by atoms with Crippen LogP contribution in [0, 0.1) is 0 Å². The van der Waals surface area contributed by atoms with Gasteiger partial charge in [0.15, 0.2) is 0 Å². The summed E-state index contributed by atoms with van der Waals surface area (Å²) in [4.78, 5) is 2.25. The lowest BCUT2D eigenvalue weighted by atomic mass is 10.1. The van der Waals surface area contributed by atoms with Crippen molar-refractivity contribution in [3.8, 4) is 0 Å². The van der Waals surface area contributed by atoms with Gasteiger partial charge in [-0.25, -0.2) is 0 Å². The fraction of sp³-hybridized carbons (Fsp3) is 1.00. The first kappa shape index (κ1) is 12.9. The molecule has 0 saturated heterocycles. The lowest BCUT2D eigenvalue weighted by Gasteiger charge is -2.26. The van der Waals surface area contributed by atoms with Crippen LogP contribution in [-0.2, 0) is 0 Å². The van der Waals surface area contributed by atoms with Gasteiger partial charge in [-0.2, -0.15) is 0 Å². The van der Waals surface area contributed by atoms with E-state index in [1.54, 1.807) is 0 Å². The van der Waals surface area contributed by atoms with Crippen molar-refractivity contribution in [2.75, 3.05) is 13.6 Å². The van der Waals surface area contributed by atoms with Gasteiger partial charge in [0.05, 0.1) is 6.10 Å². The third-order valence-electron chi connectivity index (χ3n) is 2.58. The maximum atomic E-state index is 9.60. The van der Waals surface area contributed by atoms with E-state index in [1.165, 1.54) is 12.8 Å². The number of hydrogen-bond acceptors (Lipinski definition) is 2. The quantitative estimate of drug-likeness (QED) is 0.661. The molecule has 2 unspecified atom stereocenters. The molecule has 0 aliphatic heterocycles. The summed E-state index contributed by atoms with van der Waals surface area (Å²) in [6.45, 7) is 7.35. The molecule has 13 heavy (non-hydrogen) atoms. The van der Waals surface area contributed by atoms with Gasteiger partial charge in [-0.05, 0) is 26.8 Å². The largest absolute Gasteiger partial charge is 0.392 e. The molecule has 0 radical (unpaired) electrons. The van der Waals surface area contributed by atoms with Crippen LogP contribution in [0.2, 0.25) is 0 Å². The highest BCUT2D eigenvalue weighted by molar-refractivity contribution is 4.66. The summed E-state index contributed by atoms with van der Waals surface area (Å²) < 4.78 is 0. The van der Waals surface area contributed by atoms with Crippen molar-refractivity contribution in [1.82, 2.24) is 4.90 Å². The Bertz CT molecular complexity index is 117. The van der Waals surface area contributed by atoms with Crippen LogP contribution in [0.4, 0.5) is 0 Å². The zero-order valence-electron chi connectivity index (χ0n) is 9.58. The second-order valence-electron chi connectivity index (χ2n) is 4.02. The lowest BCUT2D eigenvalue weighted by molar-refractivity contribution is 0.0980. The van der Waals surface area contributed by atoms with Gasteiger partial charge >= 0.3 is 0 Å². The van der Waals surface area contributed by atoms with Crippen LogP contribution < -0.4 is 0 Å². The second-order valence-corrected chi connectivity index (χ2v) is 4.02. The molecule has 2 atom stereocenters. The van der Waals surface area contributed by atoms with E-state index >= 15 is 0 Å². The molecule has 0 aromatic heterocycles. The Morgan fingerprint density at radius 1 is 1.15 bits per heavy atom. The summed E-state index contributed by atoms with van der Waals surface area (Å²) in [7, 11) is 2.10. The Labute approximate surface area is 82.9 Å². The van der Waals surface area contributed by atoms with E-state index in [0.29, 0.717) is 6.04 Å². The van der Waals surface area contributed by atoms with Crippen molar-refractivity contribution in [2.45, 2.75) is 58.6 Å². The number of likely N-dealkylation sites (N-methyl/N-ethyl adjacent to an activating group) is 1. The normalized spacial score (nSPS) is 16.2. The topological polar surface area (TPSA) is 23.5 Å². The molecule has 0 aliphatic carbocycles. The van der Waals surface area contributed by atoms with E-state index in [-0.39, 0.29) is 6.10 Å². The van der Waals surface area contributed by atoms with Gasteiger partial charge in [0.2, 0.25) is 0 Å². The van der Waals surface area contributed by atoms with Crippen LogP contribution >= 0.6 is 0 Å². The average Bonchev–Trinajstić information content (AvgIpc) is 2.05. The zero-order valence-corrected chi connectivity index (χ0v) is 9.58. The van der Waals surface area contributed by atoms with E-state index < -0.39 is 0 Å². The van der Waals surface area contributed by atoms with Gasteiger partial charge in [0.1, 0.15) is 0 Å². The highest BCUT2D eigenvalue weighted by Crippen LogP contribution is 2.06. The van der Waals surface area contributed by atoms with Crippen molar-refractivity contribution < 1.29 is 5.11 Å². The molecule has 0 aliphatic rings. The standard InChI is InChI=1S/C11H25NO/c1-5-7-10(3)12(4)9-11(13)8-6-2/h10-11,13H,5-9H2,1-4H3. The molecule has 0 aromatic rings. The summed E-state index contributed by atoms with van der Waals surface area (Å²) in [6.07, 6.45) is 4.28. The van der Waals surface area contributed by atoms with E-state index in [9.17, 15) is 5.11 Å². The van der Waals surface area contributed by atoms with E-state index in [1.807, 2.05) is 0 Å². The van der Waals surface area contributed by atoms with Gasteiger partial charge < -0.3 is 10.0 Å². The van der Waals surface area contributed by atoms with E-state index in [2.05, 4.69) is 32.7 Å². The Balaban J connectivity index is 3.64. The van der Waals surface area contributed by atoms with Crippen LogP contribution in [0.1, 0.15) is 46.5 Å². The van der Waals surface area contributed by atoms with Crippen molar-refractivity contribution in [1.29, 1.82) is 0 Å². The van der Waals surface area contributed by atoms with Gasteiger partial charge in [0.25, 0.3) is 0 Å². The molecule has 1 N–H and O–H groups in total. The number of aliphatic hydroxyl groups is 1. The molecule has 0 rings (SSSR count).